The first-order valence-corrected chi connectivity index (χ1v) is 8.35. The van der Waals surface area contributed by atoms with E-state index in [2.05, 4.69) is 0 Å². The largest absolute Gasteiger partial charge is 0.461 e. The lowest BCUT2D eigenvalue weighted by atomic mass is 10.2. The van der Waals surface area contributed by atoms with Crippen molar-refractivity contribution in [2.24, 2.45) is 0 Å². The zero-order valence-electron chi connectivity index (χ0n) is 13.1. The highest BCUT2D eigenvalue weighted by atomic mass is 32.1. The van der Waals surface area contributed by atoms with Gasteiger partial charge in [-0.05, 0) is 53.4 Å². The molecule has 2 heterocycles. The molecule has 1 aromatic carbocycles. The summed E-state index contributed by atoms with van der Waals surface area (Å²) in [7, 11) is 0. The Hall–Kier alpha value is -2.66. The number of thiophene rings is 1. The van der Waals surface area contributed by atoms with Crippen molar-refractivity contribution >= 4 is 29.4 Å². The number of aromatic nitrogens is 1. The number of benzene rings is 1. The second kappa shape index (κ2) is 7.27. The first-order valence-electron chi connectivity index (χ1n) is 7.47. The molecule has 0 bridgehead atoms. The van der Waals surface area contributed by atoms with Crippen LogP contribution in [0.3, 0.4) is 0 Å². The summed E-state index contributed by atoms with van der Waals surface area (Å²) in [4.78, 5) is 13.6. The van der Waals surface area contributed by atoms with E-state index >= 15 is 0 Å². The summed E-state index contributed by atoms with van der Waals surface area (Å²) in [6, 6.07) is 12.3. The quantitative estimate of drug-likeness (QED) is 0.646. The van der Waals surface area contributed by atoms with E-state index in [-0.39, 0.29) is 5.91 Å². The number of hydrogen-bond donors (Lipinski definition) is 0. The lowest BCUT2D eigenvalue weighted by Crippen LogP contribution is -2.10. The van der Waals surface area contributed by atoms with Gasteiger partial charge in [-0.3, -0.25) is 9.36 Å². The first-order chi connectivity index (χ1) is 11.6. The molecule has 0 aliphatic carbocycles. The fourth-order valence-corrected chi connectivity index (χ4v) is 2.83. The number of carbonyl (C=O) groups excluding carboxylic acids is 1. The van der Waals surface area contributed by atoms with Gasteiger partial charge in [0.1, 0.15) is 5.75 Å². The summed E-state index contributed by atoms with van der Waals surface area (Å²) in [6.07, 6.45) is 6.10. The molecule has 122 valence electrons. The molecule has 0 amide bonds. The lowest BCUT2D eigenvalue weighted by molar-refractivity contribution is 0.0860. The van der Waals surface area contributed by atoms with Crippen LogP contribution in [0.5, 0.6) is 5.75 Å². The normalized spacial score (nSPS) is 12.4. The third-order valence-corrected chi connectivity index (χ3v) is 4.17. The Bertz CT molecular complexity index is 833. The van der Waals surface area contributed by atoms with Crippen molar-refractivity contribution in [1.29, 1.82) is 0 Å². The van der Waals surface area contributed by atoms with Crippen LogP contribution in [0.2, 0.25) is 0 Å². The van der Waals surface area contributed by atoms with Gasteiger partial charge >= 0.3 is 0 Å². The van der Waals surface area contributed by atoms with E-state index < -0.39 is 6.36 Å². The van der Waals surface area contributed by atoms with E-state index in [1.165, 1.54) is 11.5 Å². The number of rotatable bonds is 5. The second-order valence-electron chi connectivity index (χ2n) is 5.19. The molecule has 3 aromatic rings. The molecule has 1 atom stereocenters. The predicted octanol–water partition coefficient (Wildman–Crippen LogP) is 5.10. The maximum Gasteiger partial charge on any atom is 0.261 e. The molecule has 3 rings (SSSR count). The molecule has 0 aliphatic heterocycles. The number of carbonyl (C=O) groups is 1. The minimum atomic E-state index is -1.38. The Balaban J connectivity index is 1.71. The molecular weight excluding hydrogens is 325 g/mol. The molecule has 0 fully saturated rings. The van der Waals surface area contributed by atoms with Crippen LogP contribution in [0.25, 0.3) is 12.2 Å². The topological polar surface area (TPSA) is 31.2 Å². The number of halogens is 1. The zero-order chi connectivity index (χ0) is 16.9. The number of hydrogen-bond acceptors (Lipinski definition) is 3. The number of alkyl halides is 1. The van der Waals surface area contributed by atoms with Gasteiger partial charge in [0.25, 0.3) is 5.91 Å². The molecule has 0 saturated carbocycles. The Morgan fingerprint density at radius 2 is 2.00 bits per heavy atom. The molecule has 3 nitrogen and oxygen atoms in total. The van der Waals surface area contributed by atoms with Crippen LogP contribution in [0.1, 0.15) is 27.7 Å². The summed E-state index contributed by atoms with van der Waals surface area (Å²) in [5, 5.41) is 2.02. The number of nitrogens with zero attached hydrogens (tertiary/aromatic N) is 1. The molecule has 0 N–H and O–H groups in total. The number of ether oxygens (including phenoxy) is 1. The van der Waals surface area contributed by atoms with Gasteiger partial charge < -0.3 is 4.74 Å². The van der Waals surface area contributed by atoms with Crippen LogP contribution in [0.4, 0.5) is 4.39 Å². The molecule has 0 aliphatic rings. The SMILES string of the molecule is CC(F)Oc1ccc(C(=O)n2ccc(C=Cc3cccs3)c2)cc1. The van der Waals surface area contributed by atoms with Crippen molar-refractivity contribution in [2.75, 3.05) is 0 Å². The van der Waals surface area contributed by atoms with Gasteiger partial charge in [0.2, 0.25) is 6.36 Å². The highest BCUT2D eigenvalue weighted by Crippen LogP contribution is 2.17. The van der Waals surface area contributed by atoms with E-state index in [1.807, 2.05) is 35.7 Å². The van der Waals surface area contributed by atoms with E-state index in [9.17, 15) is 9.18 Å². The van der Waals surface area contributed by atoms with Gasteiger partial charge in [0, 0.05) is 29.8 Å². The highest BCUT2D eigenvalue weighted by Gasteiger charge is 2.09. The van der Waals surface area contributed by atoms with Gasteiger partial charge in [-0.25, -0.2) is 4.39 Å². The predicted molar refractivity (Wildman–Crippen MR) is 95.0 cm³/mol. The average Bonchev–Trinajstić information content (AvgIpc) is 3.24. The third kappa shape index (κ3) is 4.00. The van der Waals surface area contributed by atoms with Crippen molar-refractivity contribution in [3.63, 3.8) is 0 Å². The third-order valence-electron chi connectivity index (χ3n) is 3.33. The van der Waals surface area contributed by atoms with E-state index in [0.717, 1.165) is 10.4 Å². The molecule has 5 heteroatoms. The smallest absolute Gasteiger partial charge is 0.261 e. The van der Waals surface area contributed by atoms with Crippen LogP contribution in [-0.4, -0.2) is 16.8 Å². The first kappa shape index (κ1) is 16.2. The van der Waals surface area contributed by atoms with Crippen LogP contribution < -0.4 is 4.74 Å². The summed E-state index contributed by atoms with van der Waals surface area (Å²) < 4.78 is 19.3. The fraction of sp³-hybridized carbons (Fsp3) is 0.105. The molecule has 2 aromatic heterocycles. The Kier molecular flexibility index (Phi) is 4.91. The van der Waals surface area contributed by atoms with Crippen LogP contribution in [0, 0.1) is 0 Å². The summed E-state index contributed by atoms with van der Waals surface area (Å²) in [6.45, 7) is 1.31. The maximum absolute atomic E-state index is 12.8. The summed E-state index contributed by atoms with van der Waals surface area (Å²) in [5.41, 5.74) is 1.46. The maximum atomic E-state index is 12.8. The van der Waals surface area contributed by atoms with Crippen molar-refractivity contribution in [1.82, 2.24) is 4.57 Å². The average molecular weight is 341 g/mol. The van der Waals surface area contributed by atoms with E-state index in [0.29, 0.717) is 11.3 Å². The van der Waals surface area contributed by atoms with Crippen molar-refractivity contribution in [3.8, 4) is 5.75 Å². The minimum absolute atomic E-state index is 0.148. The molecule has 1 unspecified atom stereocenters. The standard InChI is InChI=1S/C19H16FNO2S/c1-14(20)23-17-7-5-16(6-8-17)19(22)21-11-10-15(13-21)4-9-18-3-2-12-24-18/h2-14H,1H3. The molecule has 0 spiro atoms. The fourth-order valence-electron chi connectivity index (χ4n) is 2.22. The minimum Gasteiger partial charge on any atom is -0.461 e. The van der Waals surface area contributed by atoms with Gasteiger partial charge in [0.05, 0.1) is 0 Å². The van der Waals surface area contributed by atoms with Crippen LogP contribution >= 0.6 is 11.3 Å². The van der Waals surface area contributed by atoms with Crippen molar-refractivity contribution in [2.45, 2.75) is 13.3 Å². The molecule has 0 radical (unpaired) electrons. The Labute approximate surface area is 143 Å². The van der Waals surface area contributed by atoms with Crippen LogP contribution in [0.15, 0.2) is 60.2 Å². The Morgan fingerprint density at radius 1 is 1.21 bits per heavy atom. The second-order valence-corrected chi connectivity index (χ2v) is 6.17. The zero-order valence-corrected chi connectivity index (χ0v) is 13.9. The van der Waals surface area contributed by atoms with Crippen molar-refractivity contribution < 1.29 is 13.9 Å². The van der Waals surface area contributed by atoms with Gasteiger partial charge in [-0.1, -0.05) is 12.1 Å². The van der Waals surface area contributed by atoms with E-state index in [1.54, 1.807) is 48.0 Å². The van der Waals surface area contributed by atoms with E-state index in [4.69, 9.17) is 4.74 Å². The molecular formula is C19H16FNO2S. The summed E-state index contributed by atoms with van der Waals surface area (Å²) >= 11 is 1.66. The van der Waals surface area contributed by atoms with Gasteiger partial charge in [0.15, 0.2) is 0 Å². The molecule has 0 saturated heterocycles. The lowest BCUT2D eigenvalue weighted by Gasteiger charge is -2.07. The highest BCUT2D eigenvalue weighted by molar-refractivity contribution is 7.10. The van der Waals surface area contributed by atoms with Crippen LogP contribution in [-0.2, 0) is 0 Å². The molecule has 24 heavy (non-hydrogen) atoms. The monoisotopic (exact) mass is 341 g/mol. The summed E-state index contributed by atoms with van der Waals surface area (Å²) in [5.74, 6) is 0.249. The van der Waals surface area contributed by atoms with Crippen molar-refractivity contribution in [3.05, 3.63) is 76.2 Å². The van der Waals surface area contributed by atoms with Gasteiger partial charge in [-0.2, -0.15) is 0 Å². The van der Waals surface area contributed by atoms with Gasteiger partial charge in [-0.15, -0.1) is 11.3 Å². The Morgan fingerprint density at radius 3 is 2.67 bits per heavy atom.